The predicted molar refractivity (Wildman–Crippen MR) is 42.5 cm³/mol. The van der Waals surface area contributed by atoms with Crippen LogP contribution in [-0.2, 0) is 0 Å². The molecular weight excluding hydrogens is 112 g/mol. The van der Waals surface area contributed by atoms with Crippen molar-refractivity contribution in [2.45, 2.75) is 27.7 Å². The first kappa shape index (κ1) is 11.1. The van der Waals surface area contributed by atoms with E-state index < -0.39 is 0 Å². The van der Waals surface area contributed by atoms with Gasteiger partial charge in [-0.3, -0.25) is 0 Å². The Bertz CT molecular complexity index is 97.1. The normalized spacial score (nSPS) is 10.7. The molecule has 0 bridgehead atoms. The fourth-order valence-corrected chi connectivity index (χ4v) is 0.148. The summed E-state index contributed by atoms with van der Waals surface area (Å²) in [5.41, 5.74) is 0.833. The lowest BCUT2D eigenvalue weighted by molar-refractivity contribution is 0.409. The molecule has 0 unspecified atom stereocenters. The summed E-state index contributed by atoms with van der Waals surface area (Å²) in [5.74, 6) is 0.343. The van der Waals surface area contributed by atoms with Crippen molar-refractivity contribution in [2.24, 2.45) is 0 Å². The van der Waals surface area contributed by atoms with Gasteiger partial charge in [-0.25, -0.2) is 0 Å². The molecule has 0 aliphatic heterocycles. The Hall–Kier alpha value is -0.720. The highest BCUT2D eigenvalue weighted by Gasteiger charge is 1.82. The third-order valence-electron chi connectivity index (χ3n) is 0.877. The van der Waals surface area contributed by atoms with Crippen LogP contribution in [-0.4, -0.2) is 5.11 Å². The number of hydrogen-bond donors (Lipinski definition) is 1. The Balaban J connectivity index is 0. The highest BCUT2D eigenvalue weighted by Crippen LogP contribution is 1.97. The first-order chi connectivity index (χ1) is 4.18. The Kier molecular flexibility index (Phi) is 9.00. The Morgan fingerprint density at radius 2 is 1.67 bits per heavy atom. The fraction of sp³-hybridized carbons (Fsp3) is 0.500. The summed E-state index contributed by atoms with van der Waals surface area (Å²) in [6.45, 7) is 10.9. The van der Waals surface area contributed by atoms with E-state index in [0.29, 0.717) is 5.76 Å². The molecule has 0 spiro atoms. The molecule has 0 saturated carbocycles. The van der Waals surface area contributed by atoms with E-state index in [-0.39, 0.29) is 0 Å². The standard InChI is InChI=1S/C6H10O.C2H6/c1-4-5(2)6(3)7;1-2/h4,7H,1H2,2-3H3;1-2H3/b6-5+;. The monoisotopic (exact) mass is 128 g/mol. The third-order valence-corrected chi connectivity index (χ3v) is 0.877. The summed E-state index contributed by atoms with van der Waals surface area (Å²) in [6, 6.07) is 0. The molecule has 0 amide bonds. The molecular formula is C8H16O. The Labute approximate surface area is 57.7 Å². The van der Waals surface area contributed by atoms with Crippen LogP contribution < -0.4 is 0 Å². The predicted octanol–water partition coefficient (Wildman–Crippen LogP) is 3.05. The largest absolute Gasteiger partial charge is 0.512 e. The molecule has 1 N–H and O–H groups in total. The first-order valence-corrected chi connectivity index (χ1v) is 3.17. The number of rotatable bonds is 1. The van der Waals surface area contributed by atoms with Gasteiger partial charge in [0.25, 0.3) is 0 Å². The summed E-state index contributed by atoms with van der Waals surface area (Å²) >= 11 is 0. The quantitative estimate of drug-likeness (QED) is 0.425. The Morgan fingerprint density at radius 1 is 1.33 bits per heavy atom. The van der Waals surface area contributed by atoms with Crippen LogP contribution in [0.3, 0.4) is 0 Å². The van der Waals surface area contributed by atoms with Crippen molar-refractivity contribution < 1.29 is 5.11 Å². The van der Waals surface area contributed by atoms with E-state index in [4.69, 9.17) is 5.11 Å². The zero-order valence-corrected chi connectivity index (χ0v) is 6.73. The zero-order valence-electron chi connectivity index (χ0n) is 6.73. The number of allylic oxidation sites excluding steroid dienone is 3. The molecule has 0 aliphatic carbocycles. The fourth-order valence-electron chi connectivity index (χ4n) is 0.148. The molecule has 1 heteroatoms. The van der Waals surface area contributed by atoms with Gasteiger partial charge in [-0.05, 0) is 19.4 Å². The van der Waals surface area contributed by atoms with E-state index in [1.807, 2.05) is 20.8 Å². The average molecular weight is 128 g/mol. The summed E-state index contributed by atoms with van der Waals surface area (Å²) in [6.07, 6.45) is 1.62. The molecule has 0 saturated heterocycles. The Morgan fingerprint density at radius 3 is 1.67 bits per heavy atom. The maximum atomic E-state index is 8.63. The minimum absolute atomic E-state index is 0.343. The summed E-state index contributed by atoms with van der Waals surface area (Å²) < 4.78 is 0. The van der Waals surface area contributed by atoms with Gasteiger partial charge >= 0.3 is 0 Å². The molecule has 0 fully saturated rings. The van der Waals surface area contributed by atoms with Crippen LogP contribution in [0.2, 0.25) is 0 Å². The topological polar surface area (TPSA) is 20.2 Å². The summed E-state index contributed by atoms with van der Waals surface area (Å²) in [5, 5.41) is 8.63. The SMILES string of the molecule is C=C/C(C)=C(\C)O.CC. The summed E-state index contributed by atoms with van der Waals surface area (Å²) in [7, 11) is 0. The van der Waals surface area contributed by atoms with E-state index in [0.717, 1.165) is 5.57 Å². The molecule has 0 aromatic carbocycles. The maximum absolute atomic E-state index is 8.63. The van der Waals surface area contributed by atoms with Gasteiger partial charge in [0.1, 0.15) is 0 Å². The van der Waals surface area contributed by atoms with Crippen LogP contribution in [0.15, 0.2) is 24.0 Å². The third kappa shape index (κ3) is 7.28. The van der Waals surface area contributed by atoms with Crippen molar-refractivity contribution in [2.75, 3.05) is 0 Å². The number of aliphatic hydroxyl groups excluding tert-OH is 1. The zero-order chi connectivity index (χ0) is 7.86. The van der Waals surface area contributed by atoms with Crippen LogP contribution >= 0.6 is 0 Å². The molecule has 0 aliphatic rings. The molecule has 0 atom stereocenters. The van der Waals surface area contributed by atoms with E-state index in [1.54, 1.807) is 13.0 Å². The second kappa shape index (κ2) is 7.28. The second-order valence-corrected chi connectivity index (χ2v) is 1.47. The van der Waals surface area contributed by atoms with Crippen molar-refractivity contribution in [1.29, 1.82) is 0 Å². The van der Waals surface area contributed by atoms with Crippen molar-refractivity contribution in [3.05, 3.63) is 24.0 Å². The van der Waals surface area contributed by atoms with Crippen molar-refractivity contribution in [3.63, 3.8) is 0 Å². The van der Waals surface area contributed by atoms with Gasteiger partial charge in [0.15, 0.2) is 0 Å². The minimum atomic E-state index is 0.343. The van der Waals surface area contributed by atoms with Crippen LogP contribution in [0.25, 0.3) is 0 Å². The van der Waals surface area contributed by atoms with Crippen LogP contribution in [0, 0.1) is 0 Å². The van der Waals surface area contributed by atoms with Crippen molar-refractivity contribution in [3.8, 4) is 0 Å². The van der Waals surface area contributed by atoms with Gasteiger partial charge in [0.2, 0.25) is 0 Å². The van der Waals surface area contributed by atoms with Crippen LogP contribution in [0.4, 0.5) is 0 Å². The molecule has 0 rings (SSSR count). The first-order valence-electron chi connectivity index (χ1n) is 3.17. The van der Waals surface area contributed by atoms with E-state index >= 15 is 0 Å². The molecule has 0 aromatic rings. The van der Waals surface area contributed by atoms with E-state index in [1.165, 1.54) is 0 Å². The maximum Gasteiger partial charge on any atom is 0.0920 e. The lowest BCUT2D eigenvalue weighted by Crippen LogP contribution is -1.74. The van der Waals surface area contributed by atoms with Crippen molar-refractivity contribution >= 4 is 0 Å². The average Bonchev–Trinajstić information content (AvgIpc) is 1.91. The van der Waals surface area contributed by atoms with Gasteiger partial charge in [-0.2, -0.15) is 0 Å². The van der Waals surface area contributed by atoms with Gasteiger partial charge in [-0.15, -0.1) is 0 Å². The van der Waals surface area contributed by atoms with Crippen LogP contribution in [0.5, 0.6) is 0 Å². The lowest BCUT2D eigenvalue weighted by Gasteiger charge is -1.89. The molecule has 1 nitrogen and oxygen atoms in total. The highest BCUT2D eigenvalue weighted by molar-refractivity contribution is 5.14. The molecule has 0 radical (unpaired) electrons. The second-order valence-electron chi connectivity index (χ2n) is 1.47. The smallest absolute Gasteiger partial charge is 0.0920 e. The minimum Gasteiger partial charge on any atom is -0.512 e. The molecule has 9 heavy (non-hydrogen) atoms. The van der Waals surface area contributed by atoms with Gasteiger partial charge in [0, 0.05) is 0 Å². The molecule has 54 valence electrons. The molecule has 0 aromatic heterocycles. The number of hydrogen-bond acceptors (Lipinski definition) is 1. The van der Waals surface area contributed by atoms with Gasteiger partial charge in [0.05, 0.1) is 5.76 Å². The van der Waals surface area contributed by atoms with Crippen LogP contribution in [0.1, 0.15) is 27.7 Å². The highest BCUT2D eigenvalue weighted by atomic mass is 16.3. The van der Waals surface area contributed by atoms with Gasteiger partial charge < -0.3 is 5.11 Å². The number of aliphatic hydroxyl groups is 1. The molecule has 0 heterocycles. The van der Waals surface area contributed by atoms with Gasteiger partial charge in [-0.1, -0.05) is 26.5 Å². The summed E-state index contributed by atoms with van der Waals surface area (Å²) in [4.78, 5) is 0. The van der Waals surface area contributed by atoms with E-state index in [2.05, 4.69) is 6.58 Å². The van der Waals surface area contributed by atoms with E-state index in [9.17, 15) is 0 Å². The van der Waals surface area contributed by atoms with Crippen molar-refractivity contribution in [1.82, 2.24) is 0 Å². The lowest BCUT2D eigenvalue weighted by atomic mass is 10.3.